The average Bonchev–Trinajstić information content (AvgIpc) is 2.82. The molecular formula is C27H36F2N6O2. The fourth-order valence-corrected chi connectivity index (χ4v) is 5.53. The third-order valence-electron chi connectivity index (χ3n) is 7.39. The molecule has 3 unspecified atom stereocenters. The smallest absolute Gasteiger partial charge is 0.410 e. The van der Waals surface area contributed by atoms with E-state index in [1.165, 1.54) is 17.0 Å². The first-order chi connectivity index (χ1) is 17.5. The van der Waals surface area contributed by atoms with Gasteiger partial charge in [0.05, 0.1) is 12.6 Å². The summed E-state index contributed by atoms with van der Waals surface area (Å²) in [6.45, 7) is 6.04. The van der Waals surface area contributed by atoms with Gasteiger partial charge in [0.15, 0.2) is 11.6 Å². The van der Waals surface area contributed by atoms with E-state index in [2.05, 4.69) is 0 Å². The molecule has 8 nitrogen and oxygen atoms in total. The van der Waals surface area contributed by atoms with Crippen molar-refractivity contribution in [2.24, 2.45) is 11.5 Å². The van der Waals surface area contributed by atoms with Crippen molar-refractivity contribution >= 4 is 11.9 Å². The van der Waals surface area contributed by atoms with Crippen LogP contribution in [0.15, 0.2) is 12.1 Å². The van der Waals surface area contributed by atoms with Crippen molar-refractivity contribution in [2.75, 3.05) is 24.5 Å². The van der Waals surface area contributed by atoms with E-state index in [1.54, 1.807) is 25.7 Å². The number of hydrogen-bond acceptors (Lipinski definition) is 7. The predicted octanol–water partition coefficient (Wildman–Crippen LogP) is 3.19. The summed E-state index contributed by atoms with van der Waals surface area (Å²) < 4.78 is 36.7. The van der Waals surface area contributed by atoms with Crippen molar-refractivity contribution in [3.63, 3.8) is 0 Å². The SMILES string of the molecule is CC(C)(C)OC(=O)N1CCN(c2nc3c(cc2F)CC(N)CC3)C(c2nc3c(cc2F)CC(N)CC3)C1. The second-order valence-electron chi connectivity index (χ2n) is 11.5. The number of nitrogens with two attached hydrogens (primary N) is 2. The molecule has 2 aromatic rings. The maximum Gasteiger partial charge on any atom is 0.410 e. The topological polar surface area (TPSA) is 111 Å². The number of halogens is 2. The zero-order chi connectivity index (χ0) is 26.5. The lowest BCUT2D eigenvalue weighted by molar-refractivity contribution is 0.0211. The predicted molar refractivity (Wildman–Crippen MR) is 136 cm³/mol. The van der Waals surface area contributed by atoms with Gasteiger partial charge in [-0.25, -0.2) is 18.6 Å². The number of anilines is 1. The van der Waals surface area contributed by atoms with E-state index in [0.29, 0.717) is 25.7 Å². The number of fused-ring (bicyclic) bond motifs is 2. The minimum Gasteiger partial charge on any atom is -0.444 e. The number of amides is 1. The third kappa shape index (κ3) is 5.40. The molecule has 0 bridgehead atoms. The van der Waals surface area contributed by atoms with Crippen LogP contribution in [-0.2, 0) is 30.4 Å². The number of ether oxygens (including phenoxy) is 1. The molecule has 3 atom stereocenters. The highest BCUT2D eigenvalue weighted by Crippen LogP contribution is 2.35. The summed E-state index contributed by atoms with van der Waals surface area (Å²) in [7, 11) is 0. The highest BCUT2D eigenvalue weighted by molar-refractivity contribution is 5.69. The van der Waals surface area contributed by atoms with Gasteiger partial charge in [0, 0.05) is 36.6 Å². The number of carbonyl (C=O) groups excluding carboxylic acids is 1. The molecule has 0 saturated carbocycles. The minimum atomic E-state index is -0.729. The minimum absolute atomic E-state index is 0.00779. The molecule has 5 rings (SSSR count). The summed E-state index contributed by atoms with van der Waals surface area (Å²) >= 11 is 0. The van der Waals surface area contributed by atoms with Crippen LogP contribution in [0.3, 0.4) is 0 Å². The van der Waals surface area contributed by atoms with E-state index in [9.17, 15) is 4.79 Å². The number of aromatic nitrogens is 2. The number of pyridine rings is 2. The van der Waals surface area contributed by atoms with Gasteiger partial charge >= 0.3 is 6.09 Å². The highest BCUT2D eigenvalue weighted by Gasteiger charge is 2.38. The lowest BCUT2D eigenvalue weighted by atomic mass is 9.91. The van der Waals surface area contributed by atoms with Crippen LogP contribution in [0, 0.1) is 11.6 Å². The maximum absolute atomic E-state index is 15.6. The molecule has 2 aliphatic carbocycles. The van der Waals surface area contributed by atoms with Gasteiger partial charge in [-0.15, -0.1) is 0 Å². The Morgan fingerprint density at radius 3 is 2.19 bits per heavy atom. The molecule has 10 heteroatoms. The van der Waals surface area contributed by atoms with Gasteiger partial charge in [-0.05, 0) is 82.6 Å². The lowest BCUT2D eigenvalue weighted by Crippen LogP contribution is -2.52. The van der Waals surface area contributed by atoms with E-state index in [0.717, 1.165) is 35.4 Å². The van der Waals surface area contributed by atoms with Crippen molar-refractivity contribution in [1.82, 2.24) is 14.9 Å². The van der Waals surface area contributed by atoms with Crippen LogP contribution < -0.4 is 16.4 Å². The molecule has 200 valence electrons. The van der Waals surface area contributed by atoms with Crippen LogP contribution in [0.4, 0.5) is 19.4 Å². The van der Waals surface area contributed by atoms with Crippen LogP contribution in [0.5, 0.6) is 0 Å². The quantitative estimate of drug-likeness (QED) is 0.633. The van der Waals surface area contributed by atoms with Gasteiger partial charge < -0.3 is 26.0 Å². The first-order valence-corrected chi connectivity index (χ1v) is 13.1. The maximum atomic E-state index is 15.6. The molecule has 0 spiro atoms. The number of aryl methyl sites for hydroxylation is 2. The van der Waals surface area contributed by atoms with E-state index >= 15 is 8.78 Å². The van der Waals surface area contributed by atoms with Crippen LogP contribution in [0.1, 0.15) is 67.9 Å². The summed E-state index contributed by atoms with van der Waals surface area (Å²) in [5, 5.41) is 0. The van der Waals surface area contributed by atoms with Crippen LogP contribution in [0.2, 0.25) is 0 Å². The van der Waals surface area contributed by atoms with Crippen molar-refractivity contribution in [3.8, 4) is 0 Å². The Morgan fingerprint density at radius 1 is 0.973 bits per heavy atom. The van der Waals surface area contributed by atoms with Crippen molar-refractivity contribution in [1.29, 1.82) is 0 Å². The van der Waals surface area contributed by atoms with Gasteiger partial charge in [-0.3, -0.25) is 4.98 Å². The summed E-state index contributed by atoms with van der Waals surface area (Å²) in [6, 6.07) is 2.25. The fraction of sp³-hybridized carbons (Fsp3) is 0.593. The standard InChI is InChI=1S/C27H36F2N6O2/c1-27(2,3)37-26(36)34-8-9-35(25-20(29)13-16-11-18(31)5-7-22(16)33-25)23(14-34)24-19(28)12-15-10-17(30)4-6-21(15)32-24/h12-13,17-18,23H,4-11,14,30-31H2,1-3H3. The molecule has 37 heavy (non-hydrogen) atoms. The first kappa shape index (κ1) is 25.8. The first-order valence-electron chi connectivity index (χ1n) is 13.1. The van der Waals surface area contributed by atoms with E-state index in [1.807, 2.05) is 0 Å². The molecule has 4 N–H and O–H groups in total. The van der Waals surface area contributed by atoms with Crippen LogP contribution in [-0.4, -0.2) is 58.3 Å². The molecule has 2 aromatic heterocycles. The summed E-state index contributed by atoms with van der Waals surface area (Å²) in [4.78, 5) is 25.6. The third-order valence-corrected chi connectivity index (χ3v) is 7.39. The van der Waals surface area contributed by atoms with Crippen molar-refractivity contribution in [2.45, 2.75) is 83.0 Å². The second kappa shape index (κ2) is 9.79. The van der Waals surface area contributed by atoms with Gasteiger partial charge in [0.2, 0.25) is 0 Å². The lowest BCUT2D eigenvalue weighted by Gasteiger charge is -2.42. The summed E-state index contributed by atoms with van der Waals surface area (Å²) in [6.07, 6.45) is 3.53. The Balaban J connectivity index is 1.53. The Hall–Kier alpha value is -2.85. The average molecular weight is 515 g/mol. The molecular weight excluding hydrogens is 478 g/mol. The molecule has 3 heterocycles. The number of carbonyl (C=O) groups is 1. The largest absolute Gasteiger partial charge is 0.444 e. The fourth-order valence-electron chi connectivity index (χ4n) is 5.53. The second-order valence-corrected chi connectivity index (χ2v) is 11.5. The van der Waals surface area contributed by atoms with E-state index < -0.39 is 29.4 Å². The molecule has 0 radical (unpaired) electrons. The number of nitrogens with zero attached hydrogens (tertiary/aromatic N) is 4. The molecule has 1 aliphatic heterocycles. The zero-order valence-electron chi connectivity index (χ0n) is 21.8. The normalized spacial score (nSPS) is 23.9. The van der Waals surface area contributed by atoms with Gasteiger partial charge in [0.1, 0.15) is 17.1 Å². The molecule has 1 fully saturated rings. The van der Waals surface area contributed by atoms with E-state index in [4.69, 9.17) is 26.2 Å². The van der Waals surface area contributed by atoms with Crippen molar-refractivity contribution in [3.05, 3.63) is 52.0 Å². The molecule has 0 aromatic carbocycles. The van der Waals surface area contributed by atoms with E-state index in [-0.39, 0.29) is 43.2 Å². The Morgan fingerprint density at radius 2 is 1.57 bits per heavy atom. The van der Waals surface area contributed by atoms with Crippen molar-refractivity contribution < 1.29 is 18.3 Å². The number of rotatable bonds is 2. The zero-order valence-corrected chi connectivity index (χ0v) is 21.8. The highest BCUT2D eigenvalue weighted by atomic mass is 19.1. The summed E-state index contributed by atoms with van der Waals surface area (Å²) in [5.41, 5.74) is 14.9. The molecule has 1 saturated heterocycles. The van der Waals surface area contributed by atoms with Gasteiger partial charge in [-0.1, -0.05) is 0 Å². The van der Waals surface area contributed by atoms with Gasteiger partial charge in [-0.2, -0.15) is 0 Å². The number of piperazine rings is 1. The summed E-state index contributed by atoms with van der Waals surface area (Å²) in [5.74, 6) is -0.810. The van der Waals surface area contributed by atoms with Crippen LogP contribution in [0.25, 0.3) is 0 Å². The van der Waals surface area contributed by atoms with Gasteiger partial charge in [0.25, 0.3) is 0 Å². The Labute approximate surface area is 216 Å². The number of hydrogen-bond donors (Lipinski definition) is 2. The molecule has 3 aliphatic rings. The Kier molecular flexibility index (Phi) is 6.83. The molecule has 1 amide bonds. The monoisotopic (exact) mass is 514 g/mol. The van der Waals surface area contributed by atoms with Crippen LogP contribution >= 0.6 is 0 Å². The Bertz CT molecular complexity index is 1200.